The Hall–Kier alpha value is -0.870. The van der Waals surface area contributed by atoms with Crippen molar-refractivity contribution in [2.45, 2.75) is 39.2 Å². The van der Waals surface area contributed by atoms with Crippen LogP contribution in [0.5, 0.6) is 0 Å². The summed E-state index contributed by atoms with van der Waals surface area (Å²) in [6, 6.07) is 3.60. The Morgan fingerprint density at radius 1 is 0.909 bits per heavy atom. The van der Waals surface area contributed by atoms with E-state index in [1.807, 2.05) is 19.9 Å². The topological polar surface area (TPSA) is 46.0 Å². The summed E-state index contributed by atoms with van der Waals surface area (Å²) in [7, 11) is 0. The van der Waals surface area contributed by atoms with E-state index in [0.717, 1.165) is 35.4 Å². The molecule has 0 bridgehead atoms. The number of rotatable bonds is 4. The summed E-state index contributed by atoms with van der Waals surface area (Å²) in [6.07, 6.45) is 5.09. The third-order valence-corrected chi connectivity index (χ3v) is 3.92. The van der Waals surface area contributed by atoms with E-state index < -0.39 is 0 Å². The Morgan fingerprint density at radius 3 is 1.73 bits per heavy atom. The molecule has 0 saturated carbocycles. The third kappa shape index (κ3) is 5.73. The van der Waals surface area contributed by atoms with Gasteiger partial charge in [-0.1, -0.05) is 37.0 Å². The van der Waals surface area contributed by atoms with Crippen LogP contribution >= 0.6 is 34.8 Å². The highest BCUT2D eigenvalue weighted by Crippen LogP contribution is 2.16. The highest BCUT2D eigenvalue weighted by molar-refractivity contribution is 6.31. The smallest absolute Gasteiger partial charge is 0.0697 e. The molecule has 2 aromatic rings. The van der Waals surface area contributed by atoms with E-state index in [-0.39, 0.29) is 6.61 Å². The maximum Gasteiger partial charge on any atom is 0.0697 e. The molecule has 0 saturated heterocycles. The van der Waals surface area contributed by atoms with Crippen molar-refractivity contribution in [3.05, 3.63) is 57.1 Å². The minimum atomic E-state index is -0.00326. The van der Waals surface area contributed by atoms with Crippen molar-refractivity contribution in [2.24, 2.45) is 0 Å². The number of halogens is 3. The Kier molecular flexibility index (Phi) is 8.72. The summed E-state index contributed by atoms with van der Waals surface area (Å²) in [5.41, 5.74) is 3.53. The molecule has 2 rings (SSSR count). The van der Waals surface area contributed by atoms with Gasteiger partial charge in [0.1, 0.15) is 0 Å². The Labute approximate surface area is 146 Å². The summed E-state index contributed by atoms with van der Waals surface area (Å²) < 4.78 is 0. The van der Waals surface area contributed by atoms with Crippen LogP contribution in [0.1, 0.15) is 36.4 Å². The summed E-state index contributed by atoms with van der Waals surface area (Å²) in [4.78, 5) is 8.23. The molecular formula is C16H19Cl3N2O. The van der Waals surface area contributed by atoms with Gasteiger partial charge < -0.3 is 5.11 Å². The summed E-state index contributed by atoms with van der Waals surface area (Å²) in [6.45, 7) is 4.01. The zero-order valence-electron chi connectivity index (χ0n) is 12.6. The lowest BCUT2D eigenvalue weighted by atomic mass is 10.2. The van der Waals surface area contributed by atoms with Crippen molar-refractivity contribution in [3.63, 3.8) is 0 Å². The average Bonchev–Trinajstić information content (AvgIpc) is 2.55. The number of aliphatic hydroxyl groups excluding tert-OH is 1. The van der Waals surface area contributed by atoms with E-state index in [0.29, 0.717) is 15.9 Å². The van der Waals surface area contributed by atoms with E-state index in [4.69, 9.17) is 39.9 Å². The number of nitrogens with zero attached hydrogens (tertiary/aromatic N) is 2. The van der Waals surface area contributed by atoms with Gasteiger partial charge in [-0.15, -0.1) is 11.6 Å². The number of aromatic nitrogens is 2. The van der Waals surface area contributed by atoms with Crippen molar-refractivity contribution in [2.75, 3.05) is 0 Å². The maximum atomic E-state index is 8.73. The van der Waals surface area contributed by atoms with Gasteiger partial charge in [0.2, 0.25) is 0 Å². The van der Waals surface area contributed by atoms with Crippen molar-refractivity contribution in [1.82, 2.24) is 9.97 Å². The number of hydrogen-bond donors (Lipinski definition) is 1. The molecule has 1 N–H and O–H groups in total. The van der Waals surface area contributed by atoms with Gasteiger partial charge in [-0.25, -0.2) is 0 Å². The van der Waals surface area contributed by atoms with Crippen LogP contribution in [0.15, 0.2) is 24.5 Å². The highest BCUT2D eigenvalue weighted by Gasteiger charge is 2.00. The van der Waals surface area contributed by atoms with Gasteiger partial charge in [0.15, 0.2) is 0 Å². The first-order valence-electron chi connectivity index (χ1n) is 6.99. The lowest BCUT2D eigenvalue weighted by molar-refractivity contribution is 0.281. The maximum absolute atomic E-state index is 8.73. The van der Waals surface area contributed by atoms with Gasteiger partial charge in [-0.05, 0) is 36.1 Å². The first-order valence-corrected chi connectivity index (χ1v) is 8.28. The fourth-order valence-corrected chi connectivity index (χ4v) is 2.48. The lowest BCUT2D eigenvalue weighted by Crippen LogP contribution is -1.91. The molecule has 0 amide bonds. The van der Waals surface area contributed by atoms with Crippen LogP contribution in [0.2, 0.25) is 10.0 Å². The molecule has 0 aliphatic carbocycles. The quantitative estimate of drug-likeness (QED) is 0.794. The van der Waals surface area contributed by atoms with E-state index in [9.17, 15) is 0 Å². The Bertz CT molecular complexity index is 552. The van der Waals surface area contributed by atoms with E-state index in [1.54, 1.807) is 18.5 Å². The molecule has 22 heavy (non-hydrogen) atoms. The van der Waals surface area contributed by atoms with Crippen LogP contribution in [-0.4, -0.2) is 15.1 Å². The number of aryl methyl sites for hydroxylation is 2. The fraction of sp³-hybridized carbons (Fsp3) is 0.375. The van der Waals surface area contributed by atoms with Crippen LogP contribution in [0, 0.1) is 0 Å². The van der Waals surface area contributed by atoms with Crippen molar-refractivity contribution < 1.29 is 5.11 Å². The number of aliphatic hydroxyl groups is 1. The number of alkyl halides is 1. The van der Waals surface area contributed by atoms with Gasteiger partial charge in [0, 0.05) is 18.3 Å². The van der Waals surface area contributed by atoms with Gasteiger partial charge in [0.05, 0.1) is 28.0 Å². The van der Waals surface area contributed by atoms with Crippen LogP contribution in [0.25, 0.3) is 0 Å². The van der Waals surface area contributed by atoms with Crippen molar-refractivity contribution >= 4 is 34.8 Å². The zero-order valence-corrected chi connectivity index (χ0v) is 14.9. The first kappa shape index (κ1) is 19.2. The molecule has 0 aliphatic heterocycles. The van der Waals surface area contributed by atoms with Crippen LogP contribution < -0.4 is 0 Å². The van der Waals surface area contributed by atoms with E-state index in [2.05, 4.69) is 9.97 Å². The Balaban J connectivity index is 0.000000220. The standard InChI is InChI=1S/C8H9Cl2N.C8H10ClNO/c1-2-8-7(10)3-6(4-9)5-11-8;1-2-8-7(9)3-6(5-11)4-10-8/h3,5H,2,4H2,1H3;3-4,11H,2,5H2,1H3. The van der Waals surface area contributed by atoms with Gasteiger partial charge in [-0.2, -0.15) is 0 Å². The first-order chi connectivity index (χ1) is 10.5. The molecule has 0 radical (unpaired) electrons. The van der Waals surface area contributed by atoms with E-state index in [1.165, 1.54) is 0 Å². The van der Waals surface area contributed by atoms with Crippen molar-refractivity contribution in [1.29, 1.82) is 0 Å². The summed E-state index contributed by atoms with van der Waals surface area (Å²) in [5, 5.41) is 10.1. The molecular weight excluding hydrogens is 343 g/mol. The second-order valence-electron chi connectivity index (χ2n) is 4.54. The van der Waals surface area contributed by atoms with Crippen molar-refractivity contribution in [3.8, 4) is 0 Å². The molecule has 3 nitrogen and oxygen atoms in total. The second-order valence-corrected chi connectivity index (χ2v) is 5.62. The molecule has 0 atom stereocenters. The van der Waals surface area contributed by atoms with Gasteiger partial charge in [-0.3, -0.25) is 9.97 Å². The molecule has 0 aliphatic rings. The molecule has 120 valence electrons. The average molecular weight is 362 g/mol. The third-order valence-electron chi connectivity index (χ3n) is 2.95. The molecule has 0 unspecified atom stereocenters. The minimum absolute atomic E-state index is 0.00326. The normalized spacial score (nSPS) is 10.1. The molecule has 2 aromatic heterocycles. The summed E-state index contributed by atoms with van der Waals surface area (Å²) >= 11 is 17.3. The zero-order chi connectivity index (χ0) is 16.5. The van der Waals surface area contributed by atoms with Crippen LogP contribution in [0.3, 0.4) is 0 Å². The predicted octanol–water partition coefficient (Wildman–Crippen LogP) is 4.83. The number of hydrogen-bond acceptors (Lipinski definition) is 3. The highest BCUT2D eigenvalue weighted by atomic mass is 35.5. The van der Waals surface area contributed by atoms with Crippen LogP contribution in [0.4, 0.5) is 0 Å². The molecule has 2 heterocycles. The second kappa shape index (κ2) is 10.0. The predicted molar refractivity (Wildman–Crippen MR) is 92.7 cm³/mol. The summed E-state index contributed by atoms with van der Waals surface area (Å²) in [5.74, 6) is 0.469. The Morgan fingerprint density at radius 2 is 1.36 bits per heavy atom. The van der Waals surface area contributed by atoms with Crippen LogP contribution in [-0.2, 0) is 25.3 Å². The molecule has 0 aromatic carbocycles. The van der Waals surface area contributed by atoms with Gasteiger partial charge >= 0.3 is 0 Å². The SMILES string of the molecule is CCc1ncc(CCl)cc1Cl.CCc1ncc(CO)cc1Cl. The monoisotopic (exact) mass is 360 g/mol. The van der Waals surface area contributed by atoms with E-state index >= 15 is 0 Å². The number of pyridine rings is 2. The minimum Gasteiger partial charge on any atom is -0.392 e. The lowest BCUT2D eigenvalue weighted by Gasteiger charge is -2.00. The largest absolute Gasteiger partial charge is 0.392 e. The molecule has 6 heteroatoms. The van der Waals surface area contributed by atoms with Gasteiger partial charge in [0.25, 0.3) is 0 Å². The fourth-order valence-electron chi connectivity index (χ4n) is 1.69. The molecule has 0 fully saturated rings. The molecule has 0 spiro atoms.